The Kier molecular flexibility index (Phi) is 12.5. The van der Waals surface area contributed by atoms with Crippen molar-refractivity contribution in [3.05, 3.63) is 71.8 Å². The maximum atomic E-state index is 14.1. The molecule has 4 rings (SSSR count). The minimum atomic E-state index is -1.54. The lowest BCUT2D eigenvalue weighted by molar-refractivity contribution is -0.144. The molecule has 9 N–H and O–H groups in total. The number of amides is 4. The summed E-state index contributed by atoms with van der Waals surface area (Å²) in [5, 5.41) is 15.2. The van der Waals surface area contributed by atoms with E-state index in [0.29, 0.717) is 51.6 Å². The Morgan fingerprint density at radius 2 is 1.51 bits per heavy atom. The van der Waals surface area contributed by atoms with Gasteiger partial charge in [0.2, 0.25) is 23.6 Å². The normalized spacial score (nSPS) is 21.1. The molecule has 2 aromatic carbocycles. The molecule has 5 atom stereocenters. The monoisotopic (exact) mass is 649 g/mol. The zero-order valence-electron chi connectivity index (χ0n) is 26.7. The number of nitrogens with two attached hydrogens (primary N) is 3. The van der Waals surface area contributed by atoms with Crippen LogP contribution >= 0.6 is 0 Å². The fraction of sp³-hybridized carbons (Fsp3) is 0.500. The maximum Gasteiger partial charge on any atom is 0.325 e. The van der Waals surface area contributed by atoms with Crippen LogP contribution in [-0.2, 0) is 36.8 Å². The summed E-state index contributed by atoms with van der Waals surface area (Å²) >= 11 is 0. The van der Waals surface area contributed by atoms with Crippen molar-refractivity contribution in [3.8, 4) is 0 Å². The molecule has 2 aliphatic heterocycles. The minimum absolute atomic E-state index is 0.103. The van der Waals surface area contributed by atoms with E-state index in [2.05, 4.69) is 10.6 Å². The van der Waals surface area contributed by atoms with Gasteiger partial charge in [-0.3, -0.25) is 24.0 Å². The Hall–Kier alpha value is -4.33. The van der Waals surface area contributed by atoms with Crippen molar-refractivity contribution in [2.75, 3.05) is 26.2 Å². The third kappa shape index (κ3) is 9.37. The van der Waals surface area contributed by atoms with E-state index in [1.807, 2.05) is 60.7 Å². The lowest BCUT2D eigenvalue weighted by atomic mass is 10.0. The summed E-state index contributed by atoms with van der Waals surface area (Å²) in [5.74, 6) is -2.97. The van der Waals surface area contributed by atoms with Crippen LogP contribution in [0.3, 0.4) is 0 Å². The third-order valence-electron chi connectivity index (χ3n) is 8.97. The van der Waals surface area contributed by atoms with Crippen LogP contribution in [0.15, 0.2) is 60.7 Å². The number of unbranched alkanes of at least 4 members (excludes halogenated alkanes) is 1. The summed E-state index contributed by atoms with van der Waals surface area (Å²) in [5.41, 5.74) is 18.1. The first-order valence-electron chi connectivity index (χ1n) is 16.3. The van der Waals surface area contributed by atoms with Crippen molar-refractivity contribution in [2.24, 2.45) is 17.2 Å². The van der Waals surface area contributed by atoms with Crippen molar-refractivity contribution in [2.45, 2.75) is 81.1 Å². The zero-order valence-corrected chi connectivity index (χ0v) is 26.7. The van der Waals surface area contributed by atoms with Gasteiger partial charge < -0.3 is 42.7 Å². The Morgan fingerprint density at radius 1 is 0.872 bits per heavy atom. The number of carbonyl (C=O) groups is 5. The van der Waals surface area contributed by atoms with Crippen LogP contribution in [-0.4, -0.2) is 100 Å². The van der Waals surface area contributed by atoms with Gasteiger partial charge in [0.15, 0.2) is 0 Å². The summed E-state index contributed by atoms with van der Waals surface area (Å²) in [6.07, 6.45) is 3.05. The van der Waals surface area contributed by atoms with Crippen molar-refractivity contribution in [1.29, 1.82) is 0 Å². The van der Waals surface area contributed by atoms with Crippen LogP contribution in [0.4, 0.5) is 0 Å². The predicted octanol–water partition coefficient (Wildman–Crippen LogP) is -0.0969. The number of nitrogens with zero attached hydrogens (tertiary/aromatic N) is 2. The van der Waals surface area contributed by atoms with Crippen molar-refractivity contribution in [3.63, 3.8) is 0 Å². The van der Waals surface area contributed by atoms with Gasteiger partial charge in [-0.2, -0.15) is 0 Å². The second-order valence-electron chi connectivity index (χ2n) is 12.6. The molecule has 2 heterocycles. The van der Waals surface area contributed by atoms with E-state index in [4.69, 9.17) is 17.2 Å². The number of likely N-dealkylation sites (tertiary alicyclic amines) is 2. The van der Waals surface area contributed by atoms with Gasteiger partial charge in [-0.1, -0.05) is 60.7 Å². The maximum absolute atomic E-state index is 14.1. The fourth-order valence-corrected chi connectivity index (χ4v) is 6.23. The number of carboxylic acids is 1. The lowest BCUT2D eigenvalue weighted by Gasteiger charge is -2.31. The van der Waals surface area contributed by atoms with Crippen molar-refractivity contribution < 1.29 is 29.1 Å². The van der Waals surface area contributed by atoms with Gasteiger partial charge in [-0.05, 0) is 62.6 Å². The molecule has 4 amide bonds. The number of aliphatic carboxylic acids is 1. The summed E-state index contributed by atoms with van der Waals surface area (Å²) in [6, 6.07) is 15.0. The van der Waals surface area contributed by atoms with Gasteiger partial charge in [0.25, 0.3) is 0 Å². The summed E-state index contributed by atoms with van der Waals surface area (Å²) in [7, 11) is 0. The lowest BCUT2D eigenvalue weighted by Crippen LogP contribution is -2.58. The van der Waals surface area contributed by atoms with Crippen LogP contribution in [0.1, 0.15) is 49.7 Å². The molecule has 13 nitrogen and oxygen atoms in total. The molecule has 2 fully saturated rings. The van der Waals surface area contributed by atoms with Crippen LogP contribution in [0.25, 0.3) is 0 Å². The Morgan fingerprint density at radius 3 is 2.11 bits per heavy atom. The molecule has 0 bridgehead atoms. The molecule has 2 aliphatic rings. The topological polar surface area (TPSA) is 214 Å². The van der Waals surface area contributed by atoms with Gasteiger partial charge in [0.1, 0.15) is 23.7 Å². The average molecular weight is 650 g/mol. The molecule has 2 aromatic rings. The molecule has 0 radical (unpaired) electrons. The highest BCUT2D eigenvalue weighted by Crippen LogP contribution is 2.23. The van der Waals surface area contributed by atoms with E-state index in [9.17, 15) is 29.1 Å². The molecule has 2 saturated heterocycles. The van der Waals surface area contributed by atoms with Gasteiger partial charge in [-0.15, -0.1) is 0 Å². The minimum Gasteiger partial charge on any atom is -0.480 e. The molecule has 254 valence electrons. The van der Waals surface area contributed by atoms with Crippen molar-refractivity contribution in [1.82, 2.24) is 20.4 Å². The number of carboxylic acid groups (broad SMARTS) is 1. The molecular weight excluding hydrogens is 602 g/mol. The first-order chi connectivity index (χ1) is 22.5. The highest BCUT2D eigenvalue weighted by molar-refractivity contribution is 5.95. The molecule has 0 spiro atoms. The summed E-state index contributed by atoms with van der Waals surface area (Å²) < 4.78 is 0. The Bertz CT molecular complexity index is 1390. The molecular formula is C34H47N7O6. The van der Waals surface area contributed by atoms with Gasteiger partial charge in [0.05, 0.1) is 6.04 Å². The first-order valence-corrected chi connectivity index (χ1v) is 16.3. The number of benzene rings is 2. The quantitative estimate of drug-likeness (QED) is 0.142. The average Bonchev–Trinajstić information content (AvgIpc) is 3.72. The van der Waals surface area contributed by atoms with Crippen LogP contribution < -0.4 is 27.8 Å². The van der Waals surface area contributed by atoms with E-state index in [-0.39, 0.29) is 25.9 Å². The second kappa shape index (κ2) is 16.5. The van der Waals surface area contributed by atoms with Gasteiger partial charge >= 0.3 is 5.97 Å². The zero-order chi connectivity index (χ0) is 34.0. The van der Waals surface area contributed by atoms with Crippen LogP contribution in [0.2, 0.25) is 0 Å². The standard InChI is InChI=1S/C34H47N7O6/c35-17-8-7-14-26(31(44)40-19-16-34(37,22-40)33(46)47)38-30(43)28-15-9-18-41(28)32(45)27(21-24-12-5-2-6-13-24)39-29(42)25(36)20-23-10-3-1-4-11-23/h1-6,10-13,25-28H,7-9,14-22,35-37H2,(H,38,43)(H,39,42)(H,46,47)/t25-,26-,27-,28-,34?/m1/s1. The smallest absolute Gasteiger partial charge is 0.325 e. The molecule has 0 saturated carbocycles. The highest BCUT2D eigenvalue weighted by Gasteiger charge is 2.45. The summed E-state index contributed by atoms with van der Waals surface area (Å²) in [4.78, 5) is 69.1. The molecule has 13 heteroatoms. The van der Waals surface area contributed by atoms with Gasteiger partial charge in [0, 0.05) is 26.1 Å². The number of carbonyl (C=O) groups excluding carboxylic acids is 4. The number of rotatable bonds is 15. The predicted molar refractivity (Wildman–Crippen MR) is 176 cm³/mol. The summed E-state index contributed by atoms with van der Waals surface area (Å²) in [6.45, 7) is 0.718. The largest absolute Gasteiger partial charge is 0.480 e. The van der Waals surface area contributed by atoms with E-state index in [1.165, 1.54) is 9.80 Å². The Balaban J connectivity index is 1.48. The molecule has 0 aliphatic carbocycles. The fourth-order valence-electron chi connectivity index (χ4n) is 6.23. The second-order valence-corrected chi connectivity index (χ2v) is 12.6. The number of nitrogens with one attached hydrogen (secondary N) is 2. The Labute approximate surface area is 275 Å². The van der Waals surface area contributed by atoms with Gasteiger partial charge in [-0.25, -0.2) is 0 Å². The molecule has 0 aromatic heterocycles. The van der Waals surface area contributed by atoms with Crippen LogP contribution in [0.5, 0.6) is 0 Å². The van der Waals surface area contributed by atoms with Crippen LogP contribution in [0, 0.1) is 0 Å². The van der Waals surface area contributed by atoms with E-state index < -0.39 is 59.3 Å². The first kappa shape index (κ1) is 35.5. The van der Waals surface area contributed by atoms with E-state index >= 15 is 0 Å². The molecule has 1 unspecified atom stereocenters. The highest BCUT2D eigenvalue weighted by atomic mass is 16.4. The van der Waals surface area contributed by atoms with Crippen molar-refractivity contribution >= 4 is 29.6 Å². The molecule has 47 heavy (non-hydrogen) atoms. The number of hydrogen-bond donors (Lipinski definition) is 6. The van der Waals surface area contributed by atoms with E-state index in [1.54, 1.807) is 0 Å². The SMILES string of the molecule is NCCCC[C@@H](NC(=O)[C@H]1CCCN1C(=O)[C@@H](Cc1ccccc1)NC(=O)[C@H](N)Cc1ccccc1)C(=O)N1CCC(N)(C(=O)O)C1. The number of hydrogen-bond acceptors (Lipinski definition) is 8. The third-order valence-corrected chi connectivity index (χ3v) is 8.97. The van der Waals surface area contributed by atoms with E-state index in [0.717, 1.165) is 11.1 Å².